The first-order valence-electron chi connectivity index (χ1n) is 11.8. The summed E-state index contributed by atoms with van der Waals surface area (Å²) < 4.78 is 51.3. The molecular formula is C28H18Br2F3N3O5S. The van der Waals surface area contributed by atoms with Gasteiger partial charge in [0.15, 0.2) is 0 Å². The minimum Gasteiger partial charge on any atom is -0.495 e. The lowest BCUT2D eigenvalue weighted by Crippen LogP contribution is -2.36. The molecule has 0 aromatic heterocycles. The summed E-state index contributed by atoms with van der Waals surface area (Å²) in [5.41, 5.74) is 0.454. The number of hydrogen-bond donors (Lipinski definition) is 1. The summed E-state index contributed by atoms with van der Waals surface area (Å²) in [7, 11) is 1.22. The van der Waals surface area contributed by atoms with Gasteiger partial charge in [0.1, 0.15) is 24.7 Å². The highest BCUT2D eigenvalue weighted by Gasteiger charge is 2.37. The van der Waals surface area contributed by atoms with Crippen molar-refractivity contribution in [1.29, 1.82) is 5.26 Å². The lowest BCUT2D eigenvalue weighted by molar-refractivity contribution is -0.137. The molecule has 0 bridgehead atoms. The number of ether oxygens (including phenoxy) is 2. The molecule has 8 nitrogen and oxygen atoms in total. The van der Waals surface area contributed by atoms with Gasteiger partial charge in [0.25, 0.3) is 11.1 Å². The maximum atomic E-state index is 13.1. The lowest BCUT2D eigenvalue weighted by Gasteiger charge is -2.16. The number of halogens is 5. The van der Waals surface area contributed by atoms with Crippen molar-refractivity contribution in [1.82, 2.24) is 4.90 Å². The van der Waals surface area contributed by atoms with Crippen LogP contribution in [0.15, 0.2) is 68.4 Å². The summed E-state index contributed by atoms with van der Waals surface area (Å²) >= 11 is 7.49. The normalized spacial score (nSPS) is 14.2. The Bertz CT molecular complexity index is 1630. The second kappa shape index (κ2) is 13.0. The van der Waals surface area contributed by atoms with E-state index < -0.39 is 35.3 Å². The van der Waals surface area contributed by atoms with Crippen LogP contribution in [0.1, 0.15) is 22.3 Å². The topological polar surface area (TPSA) is 109 Å². The quantitative estimate of drug-likeness (QED) is 0.242. The first-order valence-corrected chi connectivity index (χ1v) is 14.2. The van der Waals surface area contributed by atoms with Crippen LogP contribution in [0.2, 0.25) is 0 Å². The van der Waals surface area contributed by atoms with E-state index in [9.17, 15) is 32.8 Å². The largest absolute Gasteiger partial charge is 0.495 e. The van der Waals surface area contributed by atoms with Crippen molar-refractivity contribution in [3.05, 3.63) is 90.7 Å². The number of carbonyl (C=O) groups is 3. The number of benzene rings is 3. The number of methoxy groups -OCH3 is 1. The zero-order valence-corrected chi connectivity index (χ0v) is 25.4. The molecule has 4 rings (SSSR count). The summed E-state index contributed by atoms with van der Waals surface area (Å²) in [5, 5.41) is 10.8. The highest BCUT2D eigenvalue weighted by molar-refractivity contribution is 9.11. The number of nitriles is 1. The van der Waals surface area contributed by atoms with Crippen LogP contribution in [0, 0.1) is 11.3 Å². The van der Waals surface area contributed by atoms with Crippen molar-refractivity contribution in [3.63, 3.8) is 0 Å². The van der Waals surface area contributed by atoms with E-state index in [-0.39, 0.29) is 22.9 Å². The molecule has 3 aromatic carbocycles. The SMILES string of the molecule is COc1ccc(C(F)(F)F)cc1NC(=O)CN1C(=O)S/C(=C\c2cc(Br)c(OCc3ccccc3C#N)c(Br)c2)C1=O. The van der Waals surface area contributed by atoms with Crippen molar-refractivity contribution in [2.45, 2.75) is 12.8 Å². The van der Waals surface area contributed by atoms with Gasteiger partial charge in [-0.2, -0.15) is 18.4 Å². The standard InChI is InChI=1S/C28H18Br2F3N3O5S/c1-40-22-7-6-18(28(31,32)33)11-21(22)35-24(37)13-36-26(38)23(42-27(36)39)10-15-8-19(29)25(20(30)9-15)41-14-17-5-3-2-4-16(17)12-34/h2-11H,13-14H2,1H3,(H,35,37)/b23-10-. The van der Waals surface area contributed by atoms with Crippen molar-refractivity contribution >= 4 is 72.4 Å². The molecule has 1 aliphatic heterocycles. The molecular weight excluding hydrogens is 707 g/mol. The van der Waals surface area contributed by atoms with Gasteiger partial charge >= 0.3 is 6.18 Å². The number of rotatable bonds is 8. The molecule has 0 aliphatic carbocycles. The fraction of sp³-hybridized carbons (Fsp3) is 0.143. The van der Waals surface area contributed by atoms with Crippen LogP contribution >= 0.6 is 43.6 Å². The van der Waals surface area contributed by atoms with Crippen molar-refractivity contribution in [2.75, 3.05) is 19.0 Å². The molecule has 0 atom stereocenters. The number of carbonyl (C=O) groups excluding carboxylic acids is 3. The van der Waals surface area contributed by atoms with Crippen LogP contribution in [0.5, 0.6) is 11.5 Å². The number of thioether (sulfide) groups is 1. The Kier molecular flexibility index (Phi) is 9.65. The number of nitrogens with zero attached hydrogens (tertiary/aromatic N) is 2. The number of amides is 3. The molecule has 1 saturated heterocycles. The lowest BCUT2D eigenvalue weighted by atomic mass is 10.1. The number of alkyl halides is 3. The van der Waals surface area contributed by atoms with Gasteiger partial charge in [-0.3, -0.25) is 19.3 Å². The zero-order chi connectivity index (χ0) is 30.6. The van der Waals surface area contributed by atoms with Crippen LogP contribution in [0.25, 0.3) is 6.08 Å². The minimum atomic E-state index is -4.65. The predicted octanol–water partition coefficient (Wildman–Crippen LogP) is 7.36. The summed E-state index contributed by atoms with van der Waals surface area (Å²) in [6.45, 7) is -0.584. The van der Waals surface area contributed by atoms with E-state index in [1.807, 2.05) is 0 Å². The van der Waals surface area contributed by atoms with E-state index in [1.54, 1.807) is 36.4 Å². The van der Waals surface area contributed by atoms with E-state index in [4.69, 9.17) is 9.47 Å². The molecule has 3 aromatic rings. The van der Waals surface area contributed by atoms with Gasteiger partial charge in [0.2, 0.25) is 5.91 Å². The van der Waals surface area contributed by atoms with Crippen molar-refractivity contribution in [3.8, 4) is 17.6 Å². The molecule has 1 heterocycles. The maximum absolute atomic E-state index is 13.1. The third-order valence-electron chi connectivity index (χ3n) is 5.80. The monoisotopic (exact) mass is 723 g/mol. The van der Waals surface area contributed by atoms with Gasteiger partial charge in [0.05, 0.1) is 43.8 Å². The average molecular weight is 725 g/mol. The summed E-state index contributed by atoms with van der Waals surface area (Å²) in [5.74, 6) is -1.20. The summed E-state index contributed by atoms with van der Waals surface area (Å²) in [4.78, 5) is 38.9. The molecule has 0 saturated carbocycles. The van der Waals surface area contributed by atoms with Crippen LogP contribution in [0.3, 0.4) is 0 Å². The third kappa shape index (κ3) is 7.15. The number of hydrogen-bond acceptors (Lipinski definition) is 7. The fourth-order valence-electron chi connectivity index (χ4n) is 3.81. The average Bonchev–Trinajstić information content (AvgIpc) is 3.19. The molecule has 0 spiro atoms. The highest BCUT2D eigenvalue weighted by Crippen LogP contribution is 2.39. The molecule has 1 aliphatic rings. The summed E-state index contributed by atoms with van der Waals surface area (Å²) in [6.07, 6.45) is -3.19. The molecule has 1 N–H and O–H groups in total. The Morgan fingerprint density at radius 1 is 1.12 bits per heavy atom. The van der Waals surface area contributed by atoms with Crippen LogP contribution in [0.4, 0.5) is 23.7 Å². The second-order valence-corrected chi connectivity index (χ2v) is 11.3. The van der Waals surface area contributed by atoms with Crippen LogP contribution in [-0.4, -0.2) is 35.6 Å². The molecule has 1 fully saturated rings. The predicted molar refractivity (Wildman–Crippen MR) is 157 cm³/mol. The molecule has 0 unspecified atom stereocenters. The fourth-order valence-corrected chi connectivity index (χ4v) is 6.10. The van der Waals surface area contributed by atoms with Crippen molar-refractivity contribution < 1.29 is 37.0 Å². The molecule has 42 heavy (non-hydrogen) atoms. The van der Waals surface area contributed by atoms with E-state index in [0.29, 0.717) is 54.1 Å². The van der Waals surface area contributed by atoms with Crippen LogP contribution < -0.4 is 14.8 Å². The number of anilines is 1. The Morgan fingerprint density at radius 2 is 1.81 bits per heavy atom. The van der Waals surface area contributed by atoms with Gasteiger partial charge < -0.3 is 14.8 Å². The van der Waals surface area contributed by atoms with Gasteiger partial charge in [-0.25, -0.2) is 0 Å². The van der Waals surface area contributed by atoms with E-state index in [0.717, 1.165) is 12.1 Å². The van der Waals surface area contributed by atoms with Crippen molar-refractivity contribution in [2.24, 2.45) is 0 Å². The zero-order valence-electron chi connectivity index (χ0n) is 21.4. The second-order valence-electron chi connectivity index (χ2n) is 8.60. The Labute approximate surface area is 258 Å². The smallest absolute Gasteiger partial charge is 0.416 e. The number of nitrogens with one attached hydrogen (secondary N) is 1. The molecule has 3 amide bonds. The first-order chi connectivity index (χ1) is 19.9. The summed E-state index contributed by atoms with van der Waals surface area (Å²) in [6, 6.07) is 15.0. The first kappa shape index (κ1) is 31.1. The molecule has 216 valence electrons. The Morgan fingerprint density at radius 3 is 2.45 bits per heavy atom. The highest BCUT2D eigenvalue weighted by atomic mass is 79.9. The molecule has 14 heteroatoms. The van der Waals surface area contributed by atoms with E-state index in [2.05, 4.69) is 43.2 Å². The third-order valence-corrected chi connectivity index (χ3v) is 7.89. The maximum Gasteiger partial charge on any atom is 0.416 e. The number of imide groups is 1. The van der Waals surface area contributed by atoms with E-state index >= 15 is 0 Å². The Balaban J connectivity index is 1.46. The van der Waals surface area contributed by atoms with Gasteiger partial charge in [-0.1, -0.05) is 18.2 Å². The minimum absolute atomic E-state index is 0.0248. The van der Waals surface area contributed by atoms with Gasteiger partial charge in [-0.05, 0) is 91.7 Å². The van der Waals surface area contributed by atoms with E-state index in [1.165, 1.54) is 13.2 Å². The molecule has 0 radical (unpaired) electrons. The Hall–Kier alpha value is -3.80. The van der Waals surface area contributed by atoms with Crippen LogP contribution in [-0.2, 0) is 22.4 Å². The van der Waals surface area contributed by atoms with Gasteiger partial charge in [-0.15, -0.1) is 0 Å². The van der Waals surface area contributed by atoms with Gasteiger partial charge in [0, 0.05) is 5.56 Å².